The number of nitrogens with zero attached hydrogens (tertiary/aromatic N) is 6. The zero-order chi connectivity index (χ0) is 97.3. The van der Waals surface area contributed by atoms with Gasteiger partial charge in [-0.3, -0.25) is 0 Å². The zero-order valence-corrected chi connectivity index (χ0v) is 82.9. The minimum atomic E-state index is 1.15. The van der Waals surface area contributed by atoms with Crippen LogP contribution in [0.5, 0.6) is 0 Å². The van der Waals surface area contributed by atoms with Crippen LogP contribution in [0.1, 0.15) is 5.56 Å². The molecule has 0 fully saturated rings. The summed E-state index contributed by atoms with van der Waals surface area (Å²) < 4.78 is 22.5. The van der Waals surface area contributed by atoms with E-state index in [1.165, 1.54) is 281 Å². The van der Waals surface area contributed by atoms with E-state index in [1.807, 2.05) is 34.0 Å². The van der Waals surface area contributed by atoms with E-state index in [2.05, 4.69) is 550 Å². The van der Waals surface area contributed by atoms with Gasteiger partial charge in [-0.25, -0.2) is 0 Å². The number of thiophene rings is 3. The quantitative estimate of drug-likeness (QED) is 0.124. The SMILES string of the molecule is Cc1ccc(-n2c3ccccc3c3cc(-c4ccc5c(c4)c4ccccc4n5-c4ccc5sc6ccccc6c5c4)ccc32)cc1.c1ccc(-c2cc(-c3ccccc3)cc(-n3c4ccccc4c4cc(-c5ccc6c(c5)c5ccccc5n6-c5ccc6sc7ccccc7c6c5)ccc43)c2)cc1.c1ccc(-n2c3ccccc3c3cc(-c4ccc5c(c4)c4ccccc4n5-c4ccc5sc6ccccc6c5c4)ccc32)cc1. The Kier molecular flexibility index (Phi) is 19.8. The van der Waals surface area contributed by atoms with E-state index in [1.54, 1.807) is 0 Å². The highest BCUT2D eigenvalue weighted by Crippen LogP contribution is 2.48. The van der Waals surface area contributed by atoms with Gasteiger partial charge in [0.25, 0.3) is 0 Å². The molecule has 6 nitrogen and oxygen atoms in total. The number of hydrogen-bond acceptors (Lipinski definition) is 3. The summed E-state index contributed by atoms with van der Waals surface area (Å²) >= 11 is 5.59. The third-order valence-corrected chi connectivity index (χ3v) is 34.0. The normalized spacial score (nSPS) is 12.0. The third kappa shape index (κ3) is 13.9. The predicted molar refractivity (Wildman–Crippen MR) is 636 cm³/mol. The second-order valence-corrected chi connectivity index (χ2v) is 42.3. The van der Waals surface area contributed by atoms with Crippen LogP contribution in [0.15, 0.2) is 516 Å². The molecule has 23 aromatic carbocycles. The van der Waals surface area contributed by atoms with Gasteiger partial charge >= 0.3 is 0 Å². The van der Waals surface area contributed by atoms with Gasteiger partial charge in [-0.1, -0.05) is 297 Å². The Bertz CT molecular complexity index is 11000. The summed E-state index contributed by atoms with van der Waals surface area (Å²) in [6.07, 6.45) is 0. The zero-order valence-electron chi connectivity index (χ0n) is 80.5. The summed E-state index contributed by atoms with van der Waals surface area (Å²) in [5.74, 6) is 0. The fourth-order valence-corrected chi connectivity index (χ4v) is 27.0. The summed E-state index contributed by atoms with van der Waals surface area (Å²) in [5.41, 5.74) is 35.1. The van der Waals surface area contributed by atoms with Crippen LogP contribution in [0.25, 0.3) is 281 Å². The number of para-hydroxylation sites is 7. The largest absolute Gasteiger partial charge is 0.309 e. The second-order valence-electron chi connectivity index (χ2n) is 39.0. The van der Waals surface area contributed by atoms with Crippen LogP contribution in [0.2, 0.25) is 0 Å². The Morgan fingerprint density at radius 3 is 0.608 bits per heavy atom. The topological polar surface area (TPSA) is 29.6 Å². The molecule has 0 aliphatic carbocycles. The van der Waals surface area contributed by atoms with Gasteiger partial charge in [0, 0.05) is 159 Å². The van der Waals surface area contributed by atoms with E-state index < -0.39 is 0 Å². The highest BCUT2D eigenvalue weighted by atomic mass is 32.1. The van der Waals surface area contributed by atoms with E-state index >= 15 is 0 Å². The van der Waals surface area contributed by atoms with E-state index in [4.69, 9.17) is 0 Å². The Balaban J connectivity index is 0.000000103. The maximum atomic E-state index is 2.44. The van der Waals surface area contributed by atoms with Crippen LogP contribution in [-0.2, 0) is 0 Å². The lowest BCUT2D eigenvalue weighted by Crippen LogP contribution is -1.96. The summed E-state index contributed by atoms with van der Waals surface area (Å²) in [5, 5.41) is 23.1. The minimum Gasteiger partial charge on any atom is -0.309 e. The molecule has 148 heavy (non-hydrogen) atoms. The highest BCUT2D eigenvalue weighted by Gasteiger charge is 2.25. The van der Waals surface area contributed by atoms with E-state index in [-0.39, 0.29) is 0 Å². The Morgan fingerprint density at radius 2 is 0.324 bits per heavy atom. The molecule has 0 amide bonds. The lowest BCUT2D eigenvalue weighted by Gasteiger charge is -2.14. The van der Waals surface area contributed by atoms with Crippen molar-refractivity contribution in [2.75, 3.05) is 0 Å². The standard InChI is InChI=1S/C54H34N2S.C43H28N2S.C42H26N2S/c1-3-13-35(14-4-1)39-29-40(36-15-5-2-6-16-36)31-42(30-39)56-50-21-11-8-18-44(50)47-33-38(24-27-52(47)56)37-23-26-51-46(32-37)43-17-7-10-20-49(43)55(51)41-25-28-54-48(34-41)45-19-9-12-22-53(45)57-54;1-27-14-18-30(19-15-27)44-38-11-5-2-8-32(38)35-24-28(16-21-40(35)44)29-17-22-41-36(25-29)33-9-3-6-12-39(33)45(41)31-20-23-43-37(26-31)34-10-4-7-13-42(34)46-43;1-2-10-29(11-3-1)43-37-15-7-4-12-31(37)34-24-27(18-21-39(34)43)28-19-22-40-35(25-28)32-13-5-8-16-38(32)44(40)30-20-23-42-36(26-30)33-14-6-9-17-41(33)45-42/h1-34H;2-26H,1H3;1-26H. The smallest absolute Gasteiger partial charge is 0.0541 e. The predicted octanol–water partition coefficient (Wildman–Crippen LogP) is 39.4. The maximum Gasteiger partial charge on any atom is 0.0541 e. The molecule has 0 atom stereocenters. The first-order valence-corrected chi connectivity index (χ1v) is 53.1. The molecule has 0 saturated carbocycles. The van der Waals surface area contributed by atoms with Crippen molar-refractivity contribution in [1.29, 1.82) is 0 Å². The third-order valence-electron chi connectivity index (χ3n) is 30.6. The average molecular weight is 1940 g/mol. The Labute approximate surface area is 863 Å². The van der Waals surface area contributed by atoms with Crippen molar-refractivity contribution in [2.45, 2.75) is 6.92 Å². The van der Waals surface area contributed by atoms with Gasteiger partial charge in [-0.2, -0.15) is 0 Å². The number of benzene rings is 23. The van der Waals surface area contributed by atoms with Crippen LogP contribution in [0.3, 0.4) is 0 Å². The lowest BCUT2D eigenvalue weighted by atomic mass is 9.98. The molecular formula is C139H88N6S3. The Morgan fingerprint density at radius 1 is 0.115 bits per heavy atom. The maximum absolute atomic E-state index is 2.44. The number of hydrogen-bond donors (Lipinski definition) is 0. The highest BCUT2D eigenvalue weighted by molar-refractivity contribution is 7.26. The first kappa shape index (κ1) is 85.1. The van der Waals surface area contributed by atoms with Crippen molar-refractivity contribution >= 4 is 225 Å². The number of aromatic nitrogens is 6. The first-order chi connectivity index (χ1) is 73.3. The van der Waals surface area contributed by atoms with Gasteiger partial charge < -0.3 is 27.4 Å². The van der Waals surface area contributed by atoms with Gasteiger partial charge in [0.15, 0.2) is 0 Å². The molecule has 32 rings (SSSR count). The van der Waals surface area contributed by atoms with Crippen molar-refractivity contribution in [1.82, 2.24) is 27.4 Å². The van der Waals surface area contributed by atoms with Crippen molar-refractivity contribution in [3.05, 3.63) is 521 Å². The van der Waals surface area contributed by atoms with E-state index in [0.29, 0.717) is 0 Å². The summed E-state index contributed by atoms with van der Waals surface area (Å²) in [6.45, 7) is 2.14. The van der Waals surface area contributed by atoms with Gasteiger partial charge in [0.1, 0.15) is 0 Å². The number of fused-ring (bicyclic) bond motifs is 27. The van der Waals surface area contributed by atoms with Crippen molar-refractivity contribution in [3.63, 3.8) is 0 Å². The fraction of sp³-hybridized carbons (Fsp3) is 0.00719. The summed E-state index contributed by atoms with van der Waals surface area (Å²) in [4.78, 5) is 0. The molecule has 692 valence electrons. The van der Waals surface area contributed by atoms with Crippen molar-refractivity contribution in [2.24, 2.45) is 0 Å². The summed E-state index contributed by atoms with van der Waals surface area (Å²) in [6, 6.07) is 189. The molecule has 32 aromatic rings. The molecule has 9 aromatic heterocycles. The molecule has 0 aliphatic heterocycles. The second kappa shape index (κ2) is 34.4. The molecule has 0 aliphatic rings. The van der Waals surface area contributed by atoms with E-state index in [0.717, 1.165) is 5.69 Å². The molecule has 0 spiro atoms. The minimum absolute atomic E-state index is 1.15. The van der Waals surface area contributed by atoms with Gasteiger partial charge in [0.2, 0.25) is 0 Å². The van der Waals surface area contributed by atoms with Crippen LogP contribution < -0.4 is 0 Å². The van der Waals surface area contributed by atoms with E-state index in [9.17, 15) is 0 Å². The number of aryl methyl sites for hydroxylation is 1. The van der Waals surface area contributed by atoms with Crippen molar-refractivity contribution < 1.29 is 0 Å². The monoisotopic (exact) mass is 1940 g/mol. The average Bonchev–Trinajstić information content (AvgIpc) is 1.58. The fourth-order valence-electron chi connectivity index (χ4n) is 23.7. The van der Waals surface area contributed by atoms with Gasteiger partial charge in [-0.15, -0.1) is 34.0 Å². The van der Waals surface area contributed by atoms with Crippen LogP contribution in [0.4, 0.5) is 0 Å². The van der Waals surface area contributed by atoms with Crippen LogP contribution in [-0.4, -0.2) is 27.4 Å². The molecule has 0 N–H and O–H groups in total. The molecule has 0 bridgehead atoms. The van der Waals surface area contributed by atoms with Crippen molar-refractivity contribution in [3.8, 4) is 89.8 Å². The molecule has 0 radical (unpaired) electrons. The first-order valence-electron chi connectivity index (χ1n) is 50.6. The molecule has 0 saturated heterocycles. The summed E-state index contributed by atoms with van der Waals surface area (Å²) in [7, 11) is 0. The van der Waals surface area contributed by atoms with Crippen LogP contribution >= 0.6 is 34.0 Å². The Hall–Kier alpha value is -18.5. The van der Waals surface area contributed by atoms with Gasteiger partial charge in [-0.05, 0) is 287 Å². The van der Waals surface area contributed by atoms with Crippen LogP contribution in [0, 0.1) is 6.92 Å². The van der Waals surface area contributed by atoms with Gasteiger partial charge in [0.05, 0.1) is 66.2 Å². The molecule has 0 unspecified atom stereocenters. The number of rotatable bonds is 11. The lowest BCUT2D eigenvalue weighted by molar-refractivity contribution is 1.17. The molecule has 9 heteroatoms. The molecule has 9 heterocycles. The molecular weight excluding hydrogens is 1850 g/mol.